The number of alkyl halides is 6. The van der Waals surface area contributed by atoms with E-state index in [0.29, 0.717) is 0 Å². The van der Waals surface area contributed by atoms with Crippen molar-refractivity contribution in [3.8, 4) is 0 Å². The van der Waals surface area contributed by atoms with Crippen molar-refractivity contribution in [1.82, 2.24) is 0 Å². The van der Waals surface area contributed by atoms with Crippen molar-refractivity contribution in [2.75, 3.05) is 0 Å². The fourth-order valence-electron chi connectivity index (χ4n) is 0.319. The molecule has 0 radical (unpaired) electrons. The largest absolute Gasteiger partial charge is 0.387 e. The SMILES string of the molecule is OC(F)(F)C(F)C(F)C(F)F. The minimum atomic E-state index is -5.06. The van der Waals surface area contributed by atoms with Gasteiger partial charge in [0.25, 0.3) is 6.43 Å². The molecule has 0 aromatic rings. The maximum atomic E-state index is 11.7. The first-order valence-corrected chi connectivity index (χ1v) is 2.43. The van der Waals surface area contributed by atoms with E-state index in [2.05, 4.69) is 0 Å². The van der Waals surface area contributed by atoms with Crippen LogP contribution in [0.25, 0.3) is 0 Å². The van der Waals surface area contributed by atoms with Crippen molar-refractivity contribution < 1.29 is 31.4 Å². The van der Waals surface area contributed by atoms with Crippen molar-refractivity contribution in [3.05, 3.63) is 0 Å². The van der Waals surface area contributed by atoms with E-state index in [-0.39, 0.29) is 0 Å². The van der Waals surface area contributed by atoms with E-state index >= 15 is 0 Å². The summed E-state index contributed by atoms with van der Waals surface area (Å²) in [6.45, 7) is 0. The van der Waals surface area contributed by atoms with Gasteiger partial charge in [0.15, 0.2) is 0 Å². The number of rotatable bonds is 3. The Hall–Kier alpha value is -0.460. The minimum Gasteiger partial charge on any atom is -0.334 e. The van der Waals surface area contributed by atoms with Gasteiger partial charge in [-0.2, -0.15) is 8.78 Å². The zero-order valence-corrected chi connectivity index (χ0v) is 4.95. The molecule has 0 aromatic heterocycles. The third kappa shape index (κ3) is 2.96. The Labute approximate surface area is 57.6 Å². The Kier molecular flexibility index (Phi) is 3.15. The van der Waals surface area contributed by atoms with E-state index in [9.17, 15) is 26.3 Å². The molecule has 68 valence electrons. The Morgan fingerprint density at radius 3 is 1.45 bits per heavy atom. The summed E-state index contributed by atoms with van der Waals surface area (Å²) in [4.78, 5) is 0. The summed E-state index contributed by atoms with van der Waals surface area (Å²) in [6.07, 6.45) is -16.5. The molecule has 0 fully saturated rings. The van der Waals surface area contributed by atoms with Gasteiger partial charge in [0, 0.05) is 0 Å². The average Bonchev–Trinajstić information content (AvgIpc) is 1.82. The number of aliphatic hydroxyl groups is 1. The second kappa shape index (κ2) is 3.29. The predicted octanol–water partition coefficient (Wildman–Crippen LogP) is 1.51. The van der Waals surface area contributed by atoms with Crippen LogP contribution in [0.2, 0.25) is 0 Å². The molecule has 0 bridgehead atoms. The van der Waals surface area contributed by atoms with Gasteiger partial charge in [0.2, 0.25) is 12.3 Å². The van der Waals surface area contributed by atoms with E-state index in [4.69, 9.17) is 5.11 Å². The Bertz CT molecular complexity index is 120. The molecule has 0 spiro atoms. The lowest BCUT2D eigenvalue weighted by Crippen LogP contribution is -2.40. The summed E-state index contributed by atoms with van der Waals surface area (Å²) >= 11 is 0. The van der Waals surface area contributed by atoms with Gasteiger partial charge in [-0.3, -0.25) is 0 Å². The molecular formula is C4H4F6O. The number of hydrogen-bond donors (Lipinski definition) is 1. The van der Waals surface area contributed by atoms with Gasteiger partial charge in [-0.25, -0.2) is 17.6 Å². The van der Waals surface area contributed by atoms with Crippen molar-refractivity contribution in [2.24, 2.45) is 0 Å². The lowest BCUT2D eigenvalue weighted by atomic mass is 10.2. The van der Waals surface area contributed by atoms with E-state index in [1.807, 2.05) is 0 Å². The van der Waals surface area contributed by atoms with Gasteiger partial charge >= 0.3 is 6.11 Å². The summed E-state index contributed by atoms with van der Waals surface area (Å²) in [5.74, 6) is 0. The molecule has 7 heteroatoms. The predicted molar refractivity (Wildman–Crippen MR) is 23.0 cm³/mol. The summed E-state index contributed by atoms with van der Waals surface area (Å²) < 4.78 is 68.3. The quantitative estimate of drug-likeness (QED) is 0.656. The second-order valence-corrected chi connectivity index (χ2v) is 1.77. The molecule has 0 amide bonds. The van der Waals surface area contributed by atoms with Crippen molar-refractivity contribution in [2.45, 2.75) is 24.9 Å². The average molecular weight is 182 g/mol. The fraction of sp³-hybridized carbons (Fsp3) is 1.00. The van der Waals surface area contributed by atoms with Crippen molar-refractivity contribution in [3.63, 3.8) is 0 Å². The number of hydrogen-bond acceptors (Lipinski definition) is 1. The molecule has 1 nitrogen and oxygen atoms in total. The van der Waals surface area contributed by atoms with Crippen LogP contribution in [-0.2, 0) is 0 Å². The van der Waals surface area contributed by atoms with E-state index in [1.165, 1.54) is 0 Å². The standard InChI is InChI=1S/C4H4F6O/c5-1(3(7)8)2(6)4(9,10)11/h1-3,11H. The molecule has 0 saturated heterocycles. The van der Waals surface area contributed by atoms with Gasteiger partial charge in [-0.05, 0) is 0 Å². The minimum absolute atomic E-state index is 3.67. The Morgan fingerprint density at radius 2 is 1.36 bits per heavy atom. The van der Waals surface area contributed by atoms with Crippen LogP contribution >= 0.6 is 0 Å². The van der Waals surface area contributed by atoms with Crippen LogP contribution in [-0.4, -0.2) is 30.0 Å². The van der Waals surface area contributed by atoms with Crippen molar-refractivity contribution >= 4 is 0 Å². The van der Waals surface area contributed by atoms with Crippen molar-refractivity contribution in [1.29, 1.82) is 0 Å². The van der Waals surface area contributed by atoms with E-state index < -0.39 is 24.9 Å². The molecule has 2 atom stereocenters. The Balaban J connectivity index is 4.13. The zero-order valence-electron chi connectivity index (χ0n) is 4.95. The summed E-state index contributed by atoms with van der Waals surface area (Å²) in [7, 11) is 0. The first-order valence-electron chi connectivity index (χ1n) is 2.43. The monoisotopic (exact) mass is 182 g/mol. The number of halogens is 6. The van der Waals surface area contributed by atoms with Gasteiger partial charge in [-0.1, -0.05) is 0 Å². The molecule has 0 aromatic carbocycles. The lowest BCUT2D eigenvalue weighted by Gasteiger charge is -2.16. The van der Waals surface area contributed by atoms with Gasteiger partial charge in [0.05, 0.1) is 0 Å². The molecule has 0 saturated carbocycles. The highest BCUT2D eigenvalue weighted by Crippen LogP contribution is 2.25. The summed E-state index contributed by atoms with van der Waals surface area (Å²) in [5.41, 5.74) is 0. The normalized spacial score (nSPS) is 18.5. The molecule has 0 aliphatic rings. The topological polar surface area (TPSA) is 20.2 Å². The second-order valence-electron chi connectivity index (χ2n) is 1.77. The van der Waals surface area contributed by atoms with Gasteiger partial charge < -0.3 is 5.11 Å². The van der Waals surface area contributed by atoms with Crippen LogP contribution in [0, 0.1) is 0 Å². The first kappa shape index (κ1) is 10.5. The molecule has 0 heterocycles. The molecule has 0 aliphatic heterocycles. The fourth-order valence-corrected chi connectivity index (χ4v) is 0.319. The van der Waals surface area contributed by atoms with Crippen LogP contribution in [0.1, 0.15) is 0 Å². The van der Waals surface area contributed by atoms with Gasteiger partial charge in [-0.15, -0.1) is 0 Å². The van der Waals surface area contributed by atoms with Crippen LogP contribution in [0.4, 0.5) is 26.3 Å². The highest BCUT2D eigenvalue weighted by Gasteiger charge is 2.47. The highest BCUT2D eigenvalue weighted by molar-refractivity contribution is 4.76. The van der Waals surface area contributed by atoms with Crippen LogP contribution in [0.15, 0.2) is 0 Å². The molecular weight excluding hydrogens is 178 g/mol. The third-order valence-corrected chi connectivity index (χ3v) is 0.852. The zero-order chi connectivity index (χ0) is 9.23. The third-order valence-electron chi connectivity index (χ3n) is 0.852. The Morgan fingerprint density at radius 1 is 1.00 bits per heavy atom. The van der Waals surface area contributed by atoms with Crippen LogP contribution in [0.5, 0.6) is 0 Å². The van der Waals surface area contributed by atoms with Gasteiger partial charge in [0.1, 0.15) is 0 Å². The molecule has 2 unspecified atom stereocenters. The molecule has 0 aliphatic carbocycles. The highest BCUT2D eigenvalue weighted by atomic mass is 19.3. The lowest BCUT2D eigenvalue weighted by molar-refractivity contribution is -0.260. The first-order chi connectivity index (χ1) is 4.76. The smallest absolute Gasteiger partial charge is 0.334 e. The molecule has 1 N–H and O–H groups in total. The van der Waals surface area contributed by atoms with Crippen LogP contribution in [0.3, 0.4) is 0 Å². The summed E-state index contributed by atoms with van der Waals surface area (Å²) in [6, 6.07) is 0. The molecule has 0 rings (SSSR count). The van der Waals surface area contributed by atoms with E-state index in [0.717, 1.165) is 0 Å². The van der Waals surface area contributed by atoms with E-state index in [1.54, 1.807) is 0 Å². The van der Waals surface area contributed by atoms with Crippen LogP contribution < -0.4 is 0 Å². The molecule has 11 heavy (non-hydrogen) atoms. The maximum absolute atomic E-state index is 11.7. The maximum Gasteiger partial charge on any atom is 0.387 e. The summed E-state index contributed by atoms with van der Waals surface area (Å²) in [5, 5.41) is 7.42.